The van der Waals surface area contributed by atoms with Gasteiger partial charge >= 0.3 is 0 Å². The second kappa shape index (κ2) is 53.8. The first-order valence-corrected chi connectivity index (χ1v) is 56.3. The monoisotopic (exact) mass is 2000 g/mol. The number of rotatable bonds is 41. The predicted octanol–water partition coefficient (Wildman–Crippen LogP) is 15.7. The van der Waals surface area contributed by atoms with E-state index in [9.17, 15) is 36.0 Å². The molecule has 0 unspecified atom stereocenters. The number of nitrogens with two attached hydrogens (primary N) is 1. The molecule has 8 heterocycles. The van der Waals surface area contributed by atoms with Gasteiger partial charge in [0.15, 0.2) is 0 Å². The van der Waals surface area contributed by atoms with Crippen LogP contribution in [0.4, 0.5) is 45.5 Å². The molecule has 26 nitrogen and oxygen atoms in total. The number of piperidine rings is 1. The van der Waals surface area contributed by atoms with Crippen molar-refractivity contribution in [1.82, 2.24) is 64.2 Å². The van der Waals surface area contributed by atoms with E-state index >= 15 is 0 Å². The lowest BCUT2D eigenvalue weighted by Crippen LogP contribution is -2.49. The van der Waals surface area contributed by atoms with Gasteiger partial charge in [0.2, 0.25) is 37.8 Å². The summed E-state index contributed by atoms with van der Waals surface area (Å²) in [6.07, 6.45) is 14.1. The highest BCUT2D eigenvalue weighted by Crippen LogP contribution is 2.53. The Morgan fingerprint density at radius 3 is 0.978 bits per heavy atom. The number of fused-ring (bicyclic) bond motifs is 8. The Labute approximate surface area is 840 Å². The molecule has 0 aromatic heterocycles. The van der Waals surface area contributed by atoms with Crippen molar-refractivity contribution in [3.63, 3.8) is 0 Å². The zero-order chi connectivity index (χ0) is 97.5. The van der Waals surface area contributed by atoms with E-state index < -0.39 is 20.0 Å². The lowest BCUT2D eigenvalue weighted by molar-refractivity contribution is -0.122. The van der Waals surface area contributed by atoms with Crippen molar-refractivity contribution >= 4 is 136 Å². The number of carbonyl (C=O) groups excluding carboxylic acids is 4. The number of carbonyl (C=O) groups is 4. The number of nitrogens with zero attached hydrogens (tertiary/aromatic N) is 13. The van der Waals surface area contributed by atoms with Gasteiger partial charge in [-0.25, -0.2) is 25.4 Å². The molecular formula is C106H150N18O8S6. The third-order valence-electron chi connectivity index (χ3n) is 26.9. The summed E-state index contributed by atoms with van der Waals surface area (Å²) in [4.78, 5) is 83.9. The molecule has 8 aromatic rings. The Morgan fingerprint density at radius 1 is 0.348 bits per heavy atom. The number of para-hydroxylation sites is 4. The van der Waals surface area contributed by atoms with Gasteiger partial charge in [0.05, 0.1) is 68.4 Å². The Bertz CT molecular complexity index is 5510. The number of amides is 3. The zero-order valence-electron chi connectivity index (χ0n) is 83.0. The van der Waals surface area contributed by atoms with Crippen molar-refractivity contribution in [2.24, 2.45) is 11.7 Å². The van der Waals surface area contributed by atoms with Crippen LogP contribution in [-0.2, 0) is 39.2 Å². The van der Waals surface area contributed by atoms with Crippen molar-refractivity contribution in [2.75, 3.05) is 251 Å². The number of ketones is 1. The highest BCUT2D eigenvalue weighted by atomic mass is 32.2. The molecule has 8 aromatic carbocycles. The van der Waals surface area contributed by atoms with Crippen LogP contribution in [0.25, 0.3) is 0 Å². The number of hydrogen-bond donors (Lipinski definition) is 5. The summed E-state index contributed by atoms with van der Waals surface area (Å²) < 4.78 is 53.7. The minimum Gasteiger partial charge on any atom is -0.355 e. The first kappa shape index (κ1) is 107. The molecule has 748 valence electrons. The molecular weight excluding hydrogens is 1850 g/mol. The fraction of sp³-hybridized carbons (Fsp3) is 0.509. The van der Waals surface area contributed by atoms with E-state index in [1.54, 1.807) is 63.8 Å². The first-order valence-electron chi connectivity index (χ1n) is 50.1. The molecule has 138 heavy (non-hydrogen) atoms. The molecule has 16 rings (SSSR count). The maximum atomic E-state index is 12.8. The quantitative estimate of drug-likeness (QED) is 0.0223. The van der Waals surface area contributed by atoms with Crippen LogP contribution >= 0.6 is 47.0 Å². The van der Waals surface area contributed by atoms with E-state index in [0.717, 1.165) is 241 Å². The highest BCUT2D eigenvalue weighted by molar-refractivity contribution is 8.00. The number of hydrogen-bond acceptors (Lipinski definition) is 25. The standard InChI is InChI=1S/C27H39N5O3S2.C27H38N4OS.C27H37N3OS.C25H36N6O3S2/c1-4-8-27(33)28-13-16-31-19-17-30(18-20-31)14-7-15-32-23-9-5-6-10-25(23)36-26-12-11-22(21-24(26)32)37(34,35)29(2)3;1-22-11-12-27-25(20-22)31(24-9-3-4-10-26(24)33-27)15-7-14-30-18-16-29(17-19-30)13-6-5-8-23(32)21-28-2;1-3-7-27(31)28-15-19-29-17-13-22(14-18-29)8-6-16-30-23-9-4-5-10-25(23)32-26-12-11-21(2)20-24(26)30;1-28(2)36(33,34)20-8-9-24-22(18-20)31(21-6-3-4-7-23(21)35-24)12-5-11-29-14-16-30(17-15-29)13-10-27-25(32)19-26/h5-6,9-12,21H,4,7-8,13-20H2,1-3H3,(H,28,33);3-4,9-12,20,28H,5-8,13-19,21H2,1-2H3;4-5,9-12,20,22H,3,6-8,13-19H2,1-2H3,(H,28,31);3-4,6-9,18H,5,10-17,19,26H2,1-2H3,(H,27,32). The zero-order valence-corrected chi connectivity index (χ0v) is 87.9. The normalized spacial score (nSPS) is 16.5. The molecule has 0 saturated carbocycles. The SMILES string of the molecule is CCCC(=O)NCCN1CCC(CCCN2c3ccccc3Sc3ccc(C)cc32)CC1.CCCC(=O)NCCN1CCN(CCCN2c3ccccc3Sc3ccc(S(=O)(=O)N(C)C)cc32)CC1.CN(C)S(=O)(=O)c1ccc2c(c1)N(CCCN1CCN(CCNC(=O)CN)CC1)c1ccccc1S2.CNCC(=O)CCCCN1CCN(CCCN2c3ccccc3Sc3ccc(C)cc32)CC1. The van der Waals surface area contributed by atoms with E-state index in [1.807, 2.05) is 86.9 Å². The van der Waals surface area contributed by atoms with Gasteiger partial charge in [-0.15, -0.1) is 0 Å². The van der Waals surface area contributed by atoms with Gasteiger partial charge in [0, 0.05) is 231 Å². The van der Waals surface area contributed by atoms with E-state index in [-0.39, 0.29) is 24.3 Å². The van der Waals surface area contributed by atoms with Crippen molar-refractivity contribution in [2.45, 2.75) is 167 Å². The first-order chi connectivity index (χ1) is 66.9. The lowest BCUT2D eigenvalue weighted by atomic mass is 9.92. The summed E-state index contributed by atoms with van der Waals surface area (Å²) in [5, 5.41) is 11.8. The smallest absolute Gasteiger partial charge is 0.242 e. The minimum atomic E-state index is -3.51. The van der Waals surface area contributed by atoms with Crippen LogP contribution in [0, 0.1) is 19.8 Å². The third-order valence-corrected chi connectivity index (χ3v) is 35.1. The summed E-state index contributed by atoms with van der Waals surface area (Å²) in [7, 11) is 1.08. The topological polar surface area (TPSA) is 253 Å². The van der Waals surface area contributed by atoms with Gasteiger partial charge in [-0.1, -0.05) is 122 Å². The van der Waals surface area contributed by atoms with E-state index in [4.69, 9.17) is 5.73 Å². The molecule has 8 aliphatic heterocycles. The second-order valence-electron chi connectivity index (χ2n) is 37.5. The molecule has 0 bridgehead atoms. The average Bonchev–Trinajstić information content (AvgIpc) is 0.767. The Morgan fingerprint density at radius 2 is 0.645 bits per heavy atom. The molecule has 0 atom stereocenters. The predicted molar refractivity (Wildman–Crippen MR) is 569 cm³/mol. The van der Waals surface area contributed by atoms with Gasteiger partial charge in [-0.3, -0.25) is 29.0 Å². The van der Waals surface area contributed by atoms with Crippen molar-refractivity contribution < 1.29 is 36.0 Å². The van der Waals surface area contributed by atoms with Crippen molar-refractivity contribution in [3.05, 3.63) is 181 Å². The summed E-state index contributed by atoms with van der Waals surface area (Å²) in [5.74, 6) is 1.38. The van der Waals surface area contributed by atoms with Gasteiger partial charge in [-0.05, 0) is 257 Å². The molecule has 0 spiro atoms. The molecule has 0 aliphatic carbocycles. The summed E-state index contributed by atoms with van der Waals surface area (Å²) >= 11 is 7.16. The number of aryl methyl sites for hydroxylation is 2. The van der Waals surface area contributed by atoms with Crippen LogP contribution in [0.15, 0.2) is 219 Å². The number of anilines is 8. The summed E-state index contributed by atoms with van der Waals surface area (Å²) in [6.45, 7) is 36.8. The molecule has 32 heteroatoms. The Kier molecular flexibility index (Phi) is 41.8. The highest BCUT2D eigenvalue weighted by Gasteiger charge is 2.33. The number of benzene rings is 8. The number of likely N-dealkylation sites (N-methyl/N-ethyl adjacent to an activating group) is 1. The number of likely N-dealkylation sites (tertiary alicyclic amines) is 1. The largest absolute Gasteiger partial charge is 0.355 e. The fourth-order valence-corrected chi connectivity index (χ4v) is 25.2. The number of Topliss-reactive ketones (excluding diaryl/α,β-unsaturated/α-hetero) is 1. The molecule has 6 N–H and O–H groups in total. The van der Waals surface area contributed by atoms with Gasteiger partial charge in [0.25, 0.3) is 0 Å². The molecule has 0 radical (unpaired) electrons. The number of unbranched alkanes of at least 4 members (excludes halogenated alkanes) is 1. The summed E-state index contributed by atoms with van der Waals surface area (Å²) in [6, 6.07) is 58.9. The van der Waals surface area contributed by atoms with E-state index in [0.29, 0.717) is 47.9 Å². The van der Waals surface area contributed by atoms with Crippen LogP contribution < -0.4 is 46.6 Å². The number of piperazine rings is 3. The maximum Gasteiger partial charge on any atom is 0.242 e. The minimum absolute atomic E-state index is 0.0329. The van der Waals surface area contributed by atoms with Crippen LogP contribution in [0.1, 0.15) is 115 Å². The second-order valence-corrected chi connectivity index (χ2v) is 46.1. The van der Waals surface area contributed by atoms with Crippen LogP contribution in [-0.4, -0.2) is 315 Å². The summed E-state index contributed by atoms with van der Waals surface area (Å²) in [5.41, 5.74) is 17.6. The lowest BCUT2D eigenvalue weighted by Gasteiger charge is -2.36. The van der Waals surface area contributed by atoms with Crippen LogP contribution in [0.2, 0.25) is 0 Å². The van der Waals surface area contributed by atoms with E-state index in [1.165, 1.54) is 117 Å². The molecule has 3 amide bonds. The average molecular weight is 2000 g/mol. The van der Waals surface area contributed by atoms with Crippen LogP contribution in [0.3, 0.4) is 0 Å². The maximum absolute atomic E-state index is 12.8. The molecule has 4 saturated heterocycles. The van der Waals surface area contributed by atoms with Gasteiger partial charge in [0.1, 0.15) is 5.78 Å². The Balaban J connectivity index is 0.000000156. The number of nitrogens with one attached hydrogen (secondary N) is 4. The molecule has 4 fully saturated rings. The molecule has 8 aliphatic rings. The number of sulfonamides is 2. The Hall–Kier alpha value is -8.10. The van der Waals surface area contributed by atoms with Gasteiger partial charge in [-0.2, -0.15) is 0 Å². The van der Waals surface area contributed by atoms with Gasteiger partial charge < -0.3 is 71.1 Å². The van der Waals surface area contributed by atoms with Crippen molar-refractivity contribution in [1.29, 1.82) is 0 Å². The fourth-order valence-electron chi connectivity index (χ4n) is 19.0. The van der Waals surface area contributed by atoms with Crippen LogP contribution in [0.5, 0.6) is 0 Å². The third kappa shape index (κ3) is 30.5. The van der Waals surface area contributed by atoms with Crippen molar-refractivity contribution in [3.8, 4) is 0 Å². The van der Waals surface area contributed by atoms with E-state index in [2.05, 4.69) is 204 Å².